The Morgan fingerprint density at radius 2 is 1.82 bits per heavy atom. The monoisotopic (exact) mass is 464 g/mol. The first kappa shape index (κ1) is 26.7. The predicted octanol–water partition coefficient (Wildman–Crippen LogP) is 7.92. The Morgan fingerprint density at radius 1 is 1.18 bits per heavy atom. The lowest BCUT2D eigenvalue weighted by Gasteiger charge is -2.30. The number of alkyl halides is 2. The van der Waals surface area contributed by atoms with Crippen molar-refractivity contribution in [1.29, 1.82) is 0 Å². The minimum Gasteiger partial charge on any atom is -0.457 e. The van der Waals surface area contributed by atoms with E-state index in [9.17, 15) is 8.78 Å². The average Bonchev–Trinajstić information content (AvgIpc) is 2.77. The van der Waals surface area contributed by atoms with E-state index in [2.05, 4.69) is 25.1 Å². The molecule has 1 N–H and O–H groups in total. The summed E-state index contributed by atoms with van der Waals surface area (Å²) in [5.74, 6) is -2.17. The Bertz CT molecular complexity index is 1090. The Labute approximate surface area is 202 Å². The highest BCUT2D eigenvalue weighted by molar-refractivity contribution is 5.42. The summed E-state index contributed by atoms with van der Waals surface area (Å²) >= 11 is 0. The van der Waals surface area contributed by atoms with E-state index in [1.54, 1.807) is 19.1 Å². The predicted molar refractivity (Wildman–Crippen MR) is 138 cm³/mol. The second kappa shape index (κ2) is 11.5. The molecule has 0 atom stereocenters. The molecule has 0 aliphatic carbocycles. The average molecular weight is 465 g/mol. The number of hydrogen-bond acceptors (Lipinski definition) is 3. The summed E-state index contributed by atoms with van der Waals surface area (Å²) in [6, 6.07) is 7.41. The van der Waals surface area contributed by atoms with Crippen LogP contribution in [0.2, 0.25) is 0 Å². The summed E-state index contributed by atoms with van der Waals surface area (Å²) in [5, 5.41) is 3.39. The molecule has 1 heterocycles. The van der Waals surface area contributed by atoms with Gasteiger partial charge in [-0.25, -0.2) is 8.78 Å². The van der Waals surface area contributed by atoms with E-state index in [1.807, 2.05) is 56.2 Å². The molecule has 0 fully saturated rings. The first-order chi connectivity index (χ1) is 16.0. The fraction of sp³-hybridized carbons (Fsp3) is 0.241. The molecule has 180 valence electrons. The van der Waals surface area contributed by atoms with E-state index >= 15 is 0 Å². The van der Waals surface area contributed by atoms with Crippen molar-refractivity contribution in [1.82, 2.24) is 10.2 Å². The number of allylic oxidation sites excluding steroid dienone is 8. The third kappa shape index (κ3) is 7.20. The first-order valence-electron chi connectivity index (χ1n) is 11.1. The van der Waals surface area contributed by atoms with Crippen LogP contribution < -0.4 is 10.1 Å². The van der Waals surface area contributed by atoms with Crippen LogP contribution in [-0.4, -0.2) is 10.8 Å². The van der Waals surface area contributed by atoms with Gasteiger partial charge in [0, 0.05) is 30.9 Å². The van der Waals surface area contributed by atoms with Gasteiger partial charge >= 0.3 is 0 Å². The molecule has 0 radical (unpaired) electrons. The lowest BCUT2D eigenvalue weighted by Crippen LogP contribution is -2.25. The summed E-state index contributed by atoms with van der Waals surface area (Å²) in [4.78, 5) is 2.04. The molecule has 1 aliphatic rings. The summed E-state index contributed by atoms with van der Waals surface area (Å²) < 4.78 is 33.1. The van der Waals surface area contributed by atoms with Crippen LogP contribution in [0, 0.1) is 0 Å². The Balaban J connectivity index is 2.08. The summed E-state index contributed by atoms with van der Waals surface area (Å²) in [6.07, 6.45) is 10.1. The summed E-state index contributed by atoms with van der Waals surface area (Å²) in [5.41, 5.74) is 5.77. The highest BCUT2D eigenvalue weighted by Crippen LogP contribution is 2.28. The zero-order chi connectivity index (χ0) is 25.5. The van der Waals surface area contributed by atoms with Gasteiger partial charge < -0.3 is 15.0 Å². The molecule has 2 rings (SSSR count). The molecule has 0 bridgehead atoms. The van der Waals surface area contributed by atoms with Gasteiger partial charge in [0.05, 0.1) is 11.4 Å². The Kier molecular flexibility index (Phi) is 9.02. The largest absolute Gasteiger partial charge is 0.457 e. The molecule has 3 nitrogen and oxygen atoms in total. The second-order valence-corrected chi connectivity index (χ2v) is 8.38. The van der Waals surface area contributed by atoms with Crippen LogP contribution in [0.5, 0.6) is 5.75 Å². The van der Waals surface area contributed by atoms with Gasteiger partial charge in [-0.05, 0) is 69.2 Å². The van der Waals surface area contributed by atoms with Gasteiger partial charge in [-0.3, -0.25) is 0 Å². The topological polar surface area (TPSA) is 24.5 Å². The quantitative estimate of drug-likeness (QED) is 0.281. The summed E-state index contributed by atoms with van der Waals surface area (Å²) in [6.45, 7) is 21.1. The minimum atomic E-state index is -2.96. The van der Waals surface area contributed by atoms with Gasteiger partial charge in [-0.2, -0.15) is 0 Å². The number of hydrogen-bond donors (Lipinski definition) is 1. The normalized spacial score (nSPS) is 14.5. The van der Waals surface area contributed by atoms with E-state index in [0.717, 1.165) is 40.7 Å². The fourth-order valence-electron chi connectivity index (χ4n) is 3.38. The van der Waals surface area contributed by atoms with E-state index < -0.39 is 5.92 Å². The standard InChI is InChI=1S/C29H34F2N2O/c1-9-25(29(8,30)31)17-26(10-2)34-27-15-13-24(14-16-27)18-32-23(7)28(20(3)4)33-19-21(5)11-12-22(33)6/h9-17,19,32H,2,6-7,18H2,1,3-5,8H3/b25-9+,26-17+. The van der Waals surface area contributed by atoms with Crippen LogP contribution in [0.15, 0.2) is 120 Å². The van der Waals surface area contributed by atoms with Gasteiger partial charge in [0.1, 0.15) is 11.5 Å². The third-order valence-corrected chi connectivity index (χ3v) is 5.16. The van der Waals surface area contributed by atoms with Crippen LogP contribution in [0.1, 0.15) is 40.2 Å². The SMILES string of the molecule is C=C/C(=C\C(=C/C)C(C)(F)F)Oc1ccc(CNC(=C)C(=C(C)C)N2C=C(C)C=CC2=C)cc1. The number of nitrogens with zero attached hydrogens (tertiary/aromatic N) is 1. The molecule has 0 aromatic heterocycles. The third-order valence-electron chi connectivity index (χ3n) is 5.16. The number of rotatable bonds is 10. The van der Waals surface area contributed by atoms with Gasteiger partial charge in [0.2, 0.25) is 0 Å². The van der Waals surface area contributed by atoms with Crippen molar-refractivity contribution in [3.8, 4) is 5.75 Å². The van der Waals surface area contributed by atoms with Gasteiger partial charge in [0.15, 0.2) is 0 Å². The smallest absolute Gasteiger partial charge is 0.270 e. The fourth-order valence-corrected chi connectivity index (χ4v) is 3.38. The summed E-state index contributed by atoms with van der Waals surface area (Å²) in [7, 11) is 0. The van der Waals surface area contributed by atoms with Crippen molar-refractivity contribution in [3.05, 3.63) is 126 Å². The van der Waals surface area contributed by atoms with Crippen LogP contribution >= 0.6 is 0 Å². The first-order valence-corrected chi connectivity index (χ1v) is 11.1. The number of nitrogens with one attached hydrogen (secondary N) is 1. The maximum atomic E-state index is 13.7. The number of benzene rings is 1. The zero-order valence-corrected chi connectivity index (χ0v) is 20.7. The molecule has 1 aromatic carbocycles. The van der Waals surface area contributed by atoms with Crippen molar-refractivity contribution in [2.24, 2.45) is 0 Å². The van der Waals surface area contributed by atoms with Gasteiger partial charge in [-0.15, -0.1) is 0 Å². The molecule has 0 spiro atoms. The van der Waals surface area contributed by atoms with Crippen LogP contribution in [0.3, 0.4) is 0 Å². The molecular weight excluding hydrogens is 430 g/mol. The van der Waals surface area contributed by atoms with E-state index in [0.29, 0.717) is 12.3 Å². The van der Waals surface area contributed by atoms with Crippen LogP contribution in [0.4, 0.5) is 8.78 Å². The Morgan fingerprint density at radius 3 is 2.35 bits per heavy atom. The highest BCUT2D eigenvalue weighted by atomic mass is 19.3. The van der Waals surface area contributed by atoms with Crippen LogP contribution in [0.25, 0.3) is 0 Å². The van der Waals surface area contributed by atoms with E-state index in [1.165, 1.54) is 18.2 Å². The molecular formula is C29H34F2N2O. The van der Waals surface area contributed by atoms with Crippen molar-refractivity contribution in [2.45, 2.75) is 47.1 Å². The van der Waals surface area contributed by atoms with E-state index in [4.69, 9.17) is 4.74 Å². The van der Waals surface area contributed by atoms with Gasteiger partial charge in [0.25, 0.3) is 5.92 Å². The zero-order valence-electron chi connectivity index (χ0n) is 20.7. The molecule has 0 amide bonds. The van der Waals surface area contributed by atoms with Crippen LogP contribution in [-0.2, 0) is 6.54 Å². The molecule has 1 aliphatic heterocycles. The van der Waals surface area contributed by atoms with Crippen molar-refractivity contribution >= 4 is 0 Å². The maximum Gasteiger partial charge on any atom is 0.270 e. The lowest BCUT2D eigenvalue weighted by atomic mass is 10.1. The Hall–Kier alpha value is -3.60. The maximum absolute atomic E-state index is 13.7. The minimum absolute atomic E-state index is 0.131. The molecule has 0 saturated heterocycles. The molecule has 0 saturated carbocycles. The second-order valence-electron chi connectivity index (χ2n) is 8.38. The molecule has 0 unspecified atom stereocenters. The van der Waals surface area contributed by atoms with Crippen molar-refractivity contribution in [3.63, 3.8) is 0 Å². The number of ether oxygens (including phenoxy) is 1. The highest BCUT2D eigenvalue weighted by Gasteiger charge is 2.25. The molecule has 5 heteroatoms. The molecule has 34 heavy (non-hydrogen) atoms. The lowest BCUT2D eigenvalue weighted by molar-refractivity contribution is 0.0669. The van der Waals surface area contributed by atoms with Crippen molar-refractivity contribution < 1.29 is 13.5 Å². The van der Waals surface area contributed by atoms with Crippen molar-refractivity contribution in [2.75, 3.05) is 0 Å². The van der Waals surface area contributed by atoms with E-state index in [-0.39, 0.29) is 11.3 Å². The number of halogens is 2. The van der Waals surface area contributed by atoms with Gasteiger partial charge in [-0.1, -0.05) is 49.6 Å². The molecule has 1 aromatic rings.